The van der Waals surface area contributed by atoms with Crippen molar-refractivity contribution in [3.05, 3.63) is 71.4 Å². The van der Waals surface area contributed by atoms with Crippen LogP contribution in [0.25, 0.3) is 10.9 Å². The van der Waals surface area contributed by atoms with Gasteiger partial charge in [-0.1, -0.05) is 50.1 Å². The number of hydrogen-bond donors (Lipinski definition) is 7. The molecule has 4 heterocycles. The molecule has 3 aliphatic rings. The molecular formula is C66H92F2N12O14. The number of aryl methyl sites for hydroxylation is 2. The SMILES string of the molecule is Cc1ccc(CCCC(=O)NCCCC[C@H](NC(=O)CN2CCN(CC(=O)O)CCN(CC(=O)O)CCN(CC(=O)O)CC2)C(=O)NC(=O)C(C)CC(C)C(=O)N2CCC(CCCCOc3ccc4nccc(C(=O)NCC(=O)N5CC(F)(F)C[C@@H]5C#N)c4c3)CC2)cc1. The van der Waals surface area contributed by atoms with Crippen LogP contribution in [0, 0.1) is 36.0 Å². The predicted molar refractivity (Wildman–Crippen MR) is 341 cm³/mol. The Bertz CT molecular complexity index is 3090. The van der Waals surface area contributed by atoms with Crippen LogP contribution in [0.3, 0.4) is 0 Å². The first-order chi connectivity index (χ1) is 44.8. The molecule has 6 rings (SSSR count). The largest absolute Gasteiger partial charge is 0.494 e. The average Bonchev–Trinajstić information content (AvgIpc) is 1.37. The Hall–Kier alpha value is -8.26. The number of nitrogens with one attached hydrogen (secondary N) is 4. The summed E-state index contributed by atoms with van der Waals surface area (Å²) in [5.74, 6) is -10.6. The lowest BCUT2D eigenvalue weighted by molar-refractivity contribution is -0.140. The van der Waals surface area contributed by atoms with Crippen molar-refractivity contribution in [3.8, 4) is 11.8 Å². The molecule has 0 radical (unpaired) electrons. The van der Waals surface area contributed by atoms with E-state index >= 15 is 0 Å². The zero-order valence-corrected chi connectivity index (χ0v) is 54.2. The number of fused-ring (bicyclic) bond motifs is 1. The maximum absolute atomic E-state index is 14.1. The maximum atomic E-state index is 14.1. The van der Waals surface area contributed by atoms with Gasteiger partial charge in [0.1, 0.15) is 17.8 Å². The van der Waals surface area contributed by atoms with Crippen molar-refractivity contribution in [1.29, 1.82) is 5.26 Å². The molecule has 7 N–H and O–H groups in total. The second-order valence-electron chi connectivity index (χ2n) is 25.0. The fourth-order valence-electron chi connectivity index (χ4n) is 12.0. The Morgan fingerprint density at radius 3 is 1.91 bits per heavy atom. The van der Waals surface area contributed by atoms with Gasteiger partial charge in [-0.05, 0) is 107 Å². The molecule has 514 valence electrons. The van der Waals surface area contributed by atoms with E-state index < -0.39 is 96.8 Å². The number of amides is 7. The van der Waals surface area contributed by atoms with E-state index in [1.54, 1.807) is 62.6 Å². The summed E-state index contributed by atoms with van der Waals surface area (Å²) in [4.78, 5) is 143. The summed E-state index contributed by atoms with van der Waals surface area (Å²) in [5.41, 5.74) is 2.99. The number of carboxylic acid groups (broad SMARTS) is 3. The van der Waals surface area contributed by atoms with Gasteiger partial charge in [-0.15, -0.1) is 0 Å². The number of carbonyl (C=O) groups excluding carboxylic acids is 7. The van der Waals surface area contributed by atoms with Crippen molar-refractivity contribution in [2.75, 3.05) is 118 Å². The number of nitrogens with zero attached hydrogens (tertiary/aromatic N) is 8. The second-order valence-corrected chi connectivity index (χ2v) is 25.0. The van der Waals surface area contributed by atoms with Crippen LogP contribution in [0.5, 0.6) is 5.75 Å². The van der Waals surface area contributed by atoms with Crippen LogP contribution in [-0.2, 0) is 49.6 Å². The summed E-state index contributed by atoms with van der Waals surface area (Å²) in [6.45, 7) is 5.78. The number of piperidine rings is 1. The summed E-state index contributed by atoms with van der Waals surface area (Å²) in [6, 6.07) is 14.0. The molecular weight excluding hydrogens is 1220 g/mol. The minimum atomic E-state index is -3.19. The Balaban J connectivity index is 0.967. The zero-order valence-electron chi connectivity index (χ0n) is 54.2. The van der Waals surface area contributed by atoms with Gasteiger partial charge in [0, 0.05) is 108 Å². The highest BCUT2D eigenvalue weighted by atomic mass is 19.3. The minimum absolute atomic E-state index is 0.0956. The molecule has 3 fully saturated rings. The first-order valence-electron chi connectivity index (χ1n) is 32.5. The first kappa shape index (κ1) is 74.8. The van der Waals surface area contributed by atoms with Gasteiger partial charge in [0.2, 0.25) is 35.4 Å². The quantitative estimate of drug-likeness (QED) is 0.0440. The van der Waals surface area contributed by atoms with Crippen LogP contribution in [-0.4, -0.2) is 245 Å². The number of aliphatic carboxylic acids is 3. The lowest BCUT2D eigenvalue weighted by Crippen LogP contribution is -2.53. The fourth-order valence-corrected chi connectivity index (χ4v) is 12.0. The van der Waals surface area contributed by atoms with Gasteiger partial charge >= 0.3 is 17.9 Å². The van der Waals surface area contributed by atoms with Gasteiger partial charge in [-0.3, -0.25) is 77.8 Å². The van der Waals surface area contributed by atoms with Crippen molar-refractivity contribution in [2.45, 2.75) is 122 Å². The Morgan fingerprint density at radius 2 is 1.32 bits per heavy atom. The molecule has 3 aromatic rings. The van der Waals surface area contributed by atoms with Crippen molar-refractivity contribution in [1.82, 2.24) is 55.7 Å². The normalized spacial score (nSPS) is 18.1. The molecule has 28 heteroatoms. The van der Waals surface area contributed by atoms with Gasteiger partial charge in [0.05, 0.1) is 63.0 Å². The van der Waals surface area contributed by atoms with E-state index in [9.17, 15) is 77.3 Å². The van der Waals surface area contributed by atoms with Crippen molar-refractivity contribution in [3.63, 3.8) is 0 Å². The summed E-state index contributed by atoms with van der Waals surface area (Å²) in [5, 5.41) is 49.3. The van der Waals surface area contributed by atoms with E-state index in [0.29, 0.717) is 74.5 Å². The van der Waals surface area contributed by atoms with Gasteiger partial charge in [-0.25, -0.2) is 8.78 Å². The lowest BCUT2D eigenvalue weighted by atomic mass is 9.90. The monoisotopic (exact) mass is 1310 g/mol. The molecule has 94 heavy (non-hydrogen) atoms. The summed E-state index contributed by atoms with van der Waals surface area (Å²) in [6.07, 6.45) is 7.53. The highest BCUT2D eigenvalue weighted by Crippen LogP contribution is 2.32. The van der Waals surface area contributed by atoms with Gasteiger partial charge in [0.15, 0.2) is 0 Å². The molecule has 7 amide bonds. The summed E-state index contributed by atoms with van der Waals surface area (Å²) in [7, 11) is 0. The molecule has 2 aromatic carbocycles. The number of nitriles is 1. The number of ether oxygens (including phenoxy) is 1. The number of pyridine rings is 1. The van der Waals surface area contributed by atoms with Crippen LogP contribution in [0.2, 0.25) is 0 Å². The van der Waals surface area contributed by atoms with Crippen LogP contribution in [0.1, 0.15) is 112 Å². The second kappa shape index (κ2) is 37.6. The molecule has 3 saturated heterocycles. The molecule has 2 unspecified atom stereocenters. The molecule has 26 nitrogen and oxygen atoms in total. The smallest absolute Gasteiger partial charge is 0.317 e. The third-order valence-electron chi connectivity index (χ3n) is 17.4. The standard InChI is InChI=1S/C66H92F2N12O14/c1-45-13-15-48(16-14-45)10-8-12-56(81)71-22-6-4-11-55(73-57(82)40-75-26-28-76(41-59(84)85)30-32-78(43-61(88)89)33-31-77(29-27-75)42-60(86)87)64(92)74-62(90)46(2)35-47(3)65(93)79-24-20-49(21-25-79)9-5-7-34-94-51-17-18-54-53(36-51)52(19-23-70-54)63(91)72-39-58(83)80-44-66(67,68)37-50(80)38-69/h13-19,23,36,46-47,49-50,55H,4-12,20-22,24-35,37,39-44H2,1-3H3,(H,71,81)(H,72,91)(H,73,82)(H,84,85)(H,86,87)(H,88,89)(H,74,90,92)/t46?,47?,50-,55+/m1/s1. The van der Waals surface area contributed by atoms with Gasteiger partial charge < -0.3 is 45.8 Å². The summed E-state index contributed by atoms with van der Waals surface area (Å²) >= 11 is 0. The van der Waals surface area contributed by atoms with Crippen molar-refractivity contribution >= 4 is 70.2 Å². The lowest BCUT2D eigenvalue weighted by Gasteiger charge is -2.34. The van der Waals surface area contributed by atoms with Crippen molar-refractivity contribution in [2.24, 2.45) is 17.8 Å². The molecule has 0 spiro atoms. The predicted octanol–water partition coefficient (Wildman–Crippen LogP) is 3.40. The minimum Gasteiger partial charge on any atom is -0.494 e. The number of carbonyl (C=O) groups is 10. The number of rotatable bonds is 32. The van der Waals surface area contributed by atoms with E-state index in [1.807, 2.05) is 31.2 Å². The molecule has 0 saturated carbocycles. The molecule has 0 bridgehead atoms. The van der Waals surface area contributed by atoms with E-state index in [4.69, 9.17) is 4.74 Å². The topological polar surface area (TPSA) is 345 Å². The van der Waals surface area contributed by atoms with Crippen LogP contribution < -0.4 is 26.0 Å². The molecule has 4 atom stereocenters. The Kier molecular flexibility index (Phi) is 29.9. The van der Waals surface area contributed by atoms with E-state index in [-0.39, 0.29) is 109 Å². The highest BCUT2D eigenvalue weighted by Gasteiger charge is 2.47. The van der Waals surface area contributed by atoms with Crippen LogP contribution in [0.15, 0.2) is 54.7 Å². The fraction of sp³-hybridized carbons (Fsp3) is 0.606. The third kappa shape index (κ3) is 25.6. The number of unbranched alkanes of at least 4 members (excludes halogenated alkanes) is 2. The molecule has 3 aliphatic heterocycles. The Morgan fingerprint density at radius 1 is 0.713 bits per heavy atom. The van der Waals surface area contributed by atoms with Gasteiger partial charge in [0.25, 0.3) is 11.8 Å². The van der Waals surface area contributed by atoms with E-state index in [0.717, 1.165) is 54.6 Å². The Labute approximate surface area is 547 Å². The number of carboxylic acids is 3. The van der Waals surface area contributed by atoms with Crippen LogP contribution in [0.4, 0.5) is 8.78 Å². The average molecular weight is 1320 g/mol. The highest BCUT2D eigenvalue weighted by molar-refractivity contribution is 6.07. The number of alkyl halides is 2. The zero-order chi connectivity index (χ0) is 68.3. The first-order valence-corrected chi connectivity index (χ1v) is 32.5. The molecule has 0 aliphatic carbocycles. The number of likely N-dealkylation sites (tertiary alicyclic amines) is 2. The summed E-state index contributed by atoms with van der Waals surface area (Å²) < 4.78 is 33.9. The number of hydrogen-bond acceptors (Lipinski definition) is 17. The molecule has 1 aromatic heterocycles. The van der Waals surface area contributed by atoms with E-state index in [1.165, 1.54) is 12.3 Å². The van der Waals surface area contributed by atoms with Crippen LogP contribution >= 0.6 is 0 Å². The van der Waals surface area contributed by atoms with Crippen molar-refractivity contribution < 1.29 is 76.8 Å². The number of imide groups is 1. The van der Waals surface area contributed by atoms with E-state index in [2.05, 4.69) is 26.3 Å². The van der Waals surface area contributed by atoms with Gasteiger partial charge in [-0.2, -0.15) is 5.26 Å². The third-order valence-corrected chi connectivity index (χ3v) is 17.4. The number of aromatic nitrogens is 1. The number of benzene rings is 2. The number of halogens is 2. The maximum Gasteiger partial charge on any atom is 0.317 e.